The lowest BCUT2D eigenvalue weighted by Gasteiger charge is -1.96. The van der Waals surface area contributed by atoms with Crippen LogP contribution in [0.3, 0.4) is 0 Å². The summed E-state index contributed by atoms with van der Waals surface area (Å²) in [6.45, 7) is 0. The molecule has 0 bridgehead atoms. The van der Waals surface area contributed by atoms with Crippen molar-refractivity contribution < 1.29 is 15.0 Å². The van der Waals surface area contributed by atoms with Crippen LogP contribution < -0.4 is 5.11 Å². The molecule has 0 atom stereocenters. The van der Waals surface area contributed by atoms with Gasteiger partial charge >= 0.3 is 0 Å². The molecule has 0 saturated carbocycles. The Balaban J connectivity index is 1.91. The number of rotatable bonds is 6. The average molecular weight is 302 g/mol. The number of aromatic hydroxyl groups is 1. The van der Waals surface area contributed by atoms with Crippen LogP contribution in [-0.2, 0) is 17.6 Å². The molecule has 2 rings (SSSR count). The summed E-state index contributed by atoms with van der Waals surface area (Å²) >= 11 is 0.966. The van der Waals surface area contributed by atoms with E-state index in [0.29, 0.717) is 0 Å². The Labute approximate surface area is 125 Å². The van der Waals surface area contributed by atoms with Gasteiger partial charge in [-0.3, -0.25) is 0 Å². The number of allylic oxidation sites excluding steroid dienone is 1. The number of aliphatic carboxylic acids is 1. The third kappa shape index (κ3) is 4.81. The Hall–Kier alpha value is -2.54. The summed E-state index contributed by atoms with van der Waals surface area (Å²) in [4.78, 5) is 14.4. The van der Waals surface area contributed by atoms with Crippen LogP contribution in [0, 0.1) is 0 Å². The number of aromatic nitrogens is 1. The molecule has 1 aromatic carbocycles. The number of hydrogen-bond donors (Lipinski definition) is 1. The number of hydrogen-bond acceptors (Lipinski definition) is 7. The molecule has 1 N–H and O–H groups in total. The van der Waals surface area contributed by atoms with Gasteiger partial charge in [-0.05, 0) is 12.0 Å². The number of carboxylic acid groups (broad SMARTS) is 1. The molecule has 0 unspecified atom stereocenters. The van der Waals surface area contributed by atoms with Crippen molar-refractivity contribution in [3.8, 4) is 5.88 Å². The van der Waals surface area contributed by atoms with Gasteiger partial charge in [-0.1, -0.05) is 47.7 Å². The highest BCUT2D eigenvalue weighted by molar-refractivity contribution is 7.15. The maximum Gasteiger partial charge on any atom is 0.233 e. The van der Waals surface area contributed by atoms with Crippen molar-refractivity contribution >= 4 is 22.4 Å². The predicted octanol–water partition coefficient (Wildman–Crippen LogP) is 1.98. The molecule has 0 radical (unpaired) electrons. The summed E-state index contributed by atoms with van der Waals surface area (Å²) < 4.78 is 0. The van der Waals surface area contributed by atoms with E-state index in [1.165, 1.54) is 6.20 Å². The third-order valence-electron chi connectivity index (χ3n) is 2.48. The minimum absolute atomic E-state index is 0.202. The van der Waals surface area contributed by atoms with E-state index >= 15 is 0 Å². The van der Waals surface area contributed by atoms with Gasteiger partial charge in [0.25, 0.3) is 0 Å². The molecule has 0 saturated heterocycles. The molecule has 0 amide bonds. The van der Waals surface area contributed by atoms with Gasteiger partial charge < -0.3 is 15.0 Å². The number of benzene rings is 1. The van der Waals surface area contributed by atoms with Gasteiger partial charge in [-0.25, -0.2) is 0 Å². The van der Waals surface area contributed by atoms with Gasteiger partial charge in [0.05, 0.1) is 4.88 Å². The number of thiazole rings is 1. The summed E-state index contributed by atoms with van der Waals surface area (Å²) in [6, 6.07) is 9.88. The third-order valence-corrected chi connectivity index (χ3v) is 3.41. The fourth-order valence-electron chi connectivity index (χ4n) is 1.55. The molecule has 6 nitrogen and oxygen atoms in total. The first-order valence-electron chi connectivity index (χ1n) is 6.13. The Bertz CT molecular complexity index is 665. The monoisotopic (exact) mass is 302 g/mol. The highest BCUT2D eigenvalue weighted by Crippen LogP contribution is 2.30. The lowest BCUT2D eigenvalue weighted by molar-refractivity contribution is -0.304. The zero-order valence-corrected chi connectivity index (χ0v) is 11.8. The molecule has 0 spiro atoms. The highest BCUT2D eigenvalue weighted by atomic mass is 32.1. The van der Waals surface area contributed by atoms with Crippen molar-refractivity contribution in [2.45, 2.75) is 12.8 Å². The molecular formula is C14H12N3O3S-. The van der Waals surface area contributed by atoms with Crippen molar-refractivity contribution in [2.24, 2.45) is 10.2 Å². The number of carbonyl (C=O) groups excluding carboxylic acids is 1. The van der Waals surface area contributed by atoms with Crippen LogP contribution >= 0.6 is 11.3 Å². The lowest BCUT2D eigenvalue weighted by atomic mass is 10.1. The Kier molecular flexibility index (Phi) is 5.16. The van der Waals surface area contributed by atoms with Crippen LogP contribution in [0.1, 0.15) is 10.4 Å². The molecule has 0 aliphatic carbocycles. The molecule has 108 valence electrons. The van der Waals surface area contributed by atoms with E-state index in [9.17, 15) is 15.0 Å². The fraction of sp³-hybridized carbons (Fsp3) is 0.143. The topological polar surface area (TPSA) is 98.0 Å². The number of carbonyl (C=O) groups is 1. The van der Waals surface area contributed by atoms with Gasteiger partial charge in [-0.15, -0.1) is 5.11 Å². The summed E-state index contributed by atoms with van der Waals surface area (Å²) in [5.74, 6) is -1.62. The Morgan fingerprint density at radius 3 is 2.86 bits per heavy atom. The highest BCUT2D eigenvalue weighted by Gasteiger charge is 2.09. The smallest absolute Gasteiger partial charge is 0.233 e. The largest absolute Gasteiger partial charge is 0.550 e. The van der Waals surface area contributed by atoms with Gasteiger partial charge in [0, 0.05) is 18.6 Å². The minimum Gasteiger partial charge on any atom is -0.550 e. The first-order chi connectivity index (χ1) is 10.1. The second-order valence-corrected chi connectivity index (χ2v) is 5.14. The van der Waals surface area contributed by atoms with Gasteiger partial charge in [0.2, 0.25) is 11.0 Å². The Morgan fingerprint density at radius 1 is 1.38 bits per heavy atom. The van der Waals surface area contributed by atoms with Crippen LogP contribution in [0.15, 0.2) is 52.8 Å². The van der Waals surface area contributed by atoms with E-state index in [1.54, 1.807) is 0 Å². The predicted molar refractivity (Wildman–Crippen MR) is 76.3 cm³/mol. The van der Waals surface area contributed by atoms with Crippen molar-refractivity contribution in [2.75, 3.05) is 0 Å². The second-order valence-electron chi connectivity index (χ2n) is 4.08. The maximum absolute atomic E-state index is 10.5. The SMILES string of the molecule is O=C([O-])Cc1sc(N=N/C=C/Cc2ccccc2)nc1O. The normalized spacial score (nSPS) is 11.4. The van der Waals surface area contributed by atoms with Crippen LogP contribution in [0.4, 0.5) is 5.13 Å². The zero-order valence-electron chi connectivity index (χ0n) is 11.0. The average Bonchev–Trinajstić information content (AvgIpc) is 2.79. The second kappa shape index (κ2) is 7.30. The molecule has 0 aliphatic heterocycles. The molecule has 21 heavy (non-hydrogen) atoms. The van der Waals surface area contributed by atoms with Crippen LogP contribution in [0.2, 0.25) is 0 Å². The number of carboxylic acids is 1. The van der Waals surface area contributed by atoms with Crippen LogP contribution in [0.25, 0.3) is 0 Å². The summed E-state index contributed by atoms with van der Waals surface area (Å²) in [6.07, 6.45) is 3.72. The molecule has 7 heteroatoms. The van der Waals surface area contributed by atoms with E-state index < -0.39 is 5.97 Å². The minimum atomic E-state index is -1.28. The Morgan fingerprint density at radius 2 is 2.14 bits per heavy atom. The van der Waals surface area contributed by atoms with Gasteiger partial charge in [0.15, 0.2) is 0 Å². The molecule has 1 heterocycles. The molecule has 2 aromatic rings. The first-order valence-corrected chi connectivity index (χ1v) is 6.95. The van der Waals surface area contributed by atoms with Gasteiger partial charge in [-0.2, -0.15) is 10.1 Å². The van der Waals surface area contributed by atoms with Crippen molar-refractivity contribution in [3.05, 3.63) is 53.0 Å². The zero-order chi connectivity index (χ0) is 15.1. The van der Waals surface area contributed by atoms with Gasteiger partial charge in [0.1, 0.15) is 0 Å². The molecule has 1 aromatic heterocycles. The van der Waals surface area contributed by atoms with Crippen molar-refractivity contribution in [1.29, 1.82) is 0 Å². The van der Waals surface area contributed by atoms with E-state index in [0.717, 1.165) is 23.3 Å². The summed E-state index contributed by atoms with van der Waals surface area (Å²) in [7, 11) is 0. The maximum atomic E-state index is 10.5. The molecule has 0 aliphatic rings. The van der Waals surface area contributed by atoms with E-state index in [2.05, 4.69) is 15.2 Å². The standard InChI is InChI=1S/C14H13N3O3S/c18-12(19)9-11-13(20)16-14(21-11)17-15-8-4-7-10-5-2-1-3-6-10/h1-6,8,20H,7,9H2,(H,18,19)/p-1/b8-4+,17-15?. The molecule has 0 fully saturated rings. The number of nitrogens with zero attached hydrogens (tertiary/aromatic N) is 3. The van der Waals surface area contributed by atoms with Crippen molar-refractivity contribution in [3.63, 3.8) is 0 Å². The van der Waals surface area contributed by atoms with Crippen molar-refractivity contribution in [1.82, 2.24) is 4.98 Å². The van der Waals surface area contributed by atoms with Crippen LogP contribution in [-0.4, -0.2) is 16.1 Å². The lowest BCUT2D eigenvalue weighted by Crippen LogP contribution is -2.23. The first kappa shape index (κ1) is 14.9. The summed E-state index contributed by atoms with van der Waals surface area (Å²) in [5.41, 5.74) is 1.16. The van der Waals surface area contributed by atoms with E-state index in [1.807, 2.05) is 36.4 Å². The molecular weight excluding hydrogens is 290 g/mol. The van der Waals surface area contributed by atoms with Crippen LogP contribution in [0.5, 0.6) is 5.88 Å². The number of azo groups is 1. The fourth-order valence-corrected chi connectivity index (χ4v) is 2.32. The van der Waals surface area contributed by atoms with E-state index in [-0.39, 0.29) is 22.3 Å². The summed E-state index contributed by atoms with van der Waals surface area (Å²) in [5, 5.41) is 27.7. The van der Waals surface area contributed by atoms with E-state index in [4.69, 9.17) is 0 Å². The quantitative estimate of drug-likeness (QED) is 0.825.